The van der Waals surface area contributed by atoms with Crippen molar-refractivity contribution >= 4 is 23.2 Å². The Morgan fingerprint density at radius 3 is 2.42 bits per heavy atom. The zero-order valence-electron chi connectivity index (χ0n) is 13.3. The zero-order valence-corrected chi connectivity index (χ0v) is 13.3. The number of methoxy groups -OCH3 is 1. The molecule has 0 radical (unpaired) electrons. The predicted molar refractivity (Wildman–Crippen MR) is 87.8 cm³/mol. The lowest BCUT2D eigenvalue weighted by molar-refractivity contribution is -0.118. The molecule has 2 N–H and O–H groups in total. The summed E-state index contributed by atoms with van der Waals surface area (Å²) in [5.41, 5.74) is 0.452. The summed E-state index contributed by atoms with van der Waals surface area (Å²) in [6.07, 6.45) is 0. The number of carbonyl (C=O) groups is 2. The van der Waals surface area contributed by atoms with Crippen molar-refractivity contribution in [3.63, 3.8) is 0 Å². The Kier molecular flexibility index (Phi) is 5.73. The Labute approximate surface area is 138 Å². The van der Waals surface area contributed by atoms with Gasteiger partial charge in [-0.1, -0.05) is 12.1 Å². The molecule has 24 heavy (non-hydrogen) atoms. The second kappa shape index (κ2) is 7.96. The molecule has 2 rings (SSSR count). The van der Waals surface area contributed by atoms with E-state index in [0.29, 0.717) is 17.2 Å². The van der Waals surface area contributed by atoms with Crippen LogP contribution in [0.15, 0.2) is 42.5 Å². The normalized spacial score (nSPS) is 9.96. The number of hydrogen-bond acceptors (Lipinski definition) is 4. The highest BCUT2D eigenvalue weighted by atomic mass is 19.1. The van der Waals surface area contributed by atoms with E-state index < -0.39 is 11.7 Å². The van der Waals surface area contributed by atoms with Crippen molar-refractivity contribution in [1.29, 1.82) is 0 Å². The fourth-order valence-corrected chi connectivity index (χ4v) is 1.99. The third kappa shape index (κ3) is 4.70. The molecule has 0 aliphatic carbocycles. The molecular formula is C17H17FN2O4. The topological polar surface area (TPSA) is 76.7 Å². The monoisotopic (exact) mass is 332 g/mol. The van der Waals surface area contributed by atoms with Crippen molar-refractivity contribution in [2.45, 2.75) is 6.92 Å². The number of rotatable bonds is 6. The summed E-state index contributed by atoms with van der Waals surface area (Å²) in [6, 6.07) is 10.6. The smallest absolute Gasteiger partial charge is 0.262 e. The molecule has 0 saturated heterocycles. The van der Waals surface area contributed by atoms with E-state index in [9.17, 15) is 14.0 Å². The number of carbonyl (C=O) groups excluding carboxylic acids is 2. The highest BCUT2D eigenvalue weighted by molar-refractivity contribution is 5.99. The standard InChI is InChI=1S/C17H17FN2O4/c1-11(21)19-13-8-7-12(18)9-14(13)20-17(22)10-24-16-6-4-3-5-15(16)23-2/h3-9H,10H2,1-2H3,(H,19,21)(H,20,22). The van der Waals surface area contributed by atoms with Gasteiger partial charge >= 0.3 is 0 Å². The number of benzene rings is 2. The van der Waals surface area contributed by atoms with E-state index in [4.69, 9.17) is 9.47 Å². The van der Waals surface area contributed by atoms with Gasteiger partial charge in [0.15, 0.2) is 18.1 Å². The second-order valence-corrected chi connectivity index (χ2v) is 4.86. The summed E-state index contributed by atoms with van der Waals surface area (Å²) in [6.45, 7) is 1.02. The second-order valence-electron chi connectivity index (χ2n) is 4.86. The van der Waals surface area contributed by atoms with Crippen LogP contribution >= 0.6 is 0 Å². The predicted octanol–water partition coefficient (Wildman–Crippen LogP) is 2.81. The minimum atomic E-state index is -0.537. The van der Waals surface area contributed by atoms with Gasteiger partial charge in [0.25, 0.3) is 5.91 Å². The lowest BCUT2D eigenvalue weighted by atomic mass is 10.2. The van der Waals surface area contributed by atoms with Gasteiger partial charge in [0.05, 0.1) is 18.5 Å². The van der Waals surface area contributed by atoms with Gasteiger partial charge in [0.2, 0.25) is 5.91 Å². The van der Waals surface area contributed by atoms with Crippen LogP contribution in [0.3, 0.4) is 0 Å². The summed E-state index contributed by atoms with van der Waals surface area (Å²) in [7, 11) is 1.49. The Morgan fingerprint density at radius 1 is 1.04 bits per heavy atom. The van der Waals surface area contributed by atoms with Crippen LogP contribution in [0, 0.1) is 5.82 Å². The van der Waals surface area contributed by atoms with Gasteiger partial charge in [-0.2, -0.15) is 0 Å². The highest BCUT2D eigenvalue weighted by Crippen LogP contribution is 2.26. The first-order chi connectivity index (χ1) is 11.5. The molecule has 6 nitrogen and oxygen atoms in total. The molecule has 0 saturated carbocycles. The molecule has 0 spiro atoms. The van der Waals surface area contributed by atoms with Crippen LogP contribution in [0.2, 0.25) is 0 Å². The minimum absolute atomic E-state index is 0.152. The fourth-order valence-electron chi connectivity index (χ4n) is 1.99. The lowest BCUT2D eigenvalue weighted by Gasteiger charge is -2.13. The fraction of sp³-hybridized carbons (Fsp3) is 0.176. The largest absolute Gasteiger partial charge is 0.493 e. The van der Waals surface area contributed by atoms with Gasteiger partial charge in [0, 0.05) is 6.92 Å². The van der Waals surface area contributed by atoms with Crippen molar-refractivity contribution < 1.29 is 23.5 Å². The third-order valence-corrected chi connectivity index (χ3v) is 2.99. The van der Waals surface area contributed by atoms with E-state index >= 15 is 0 Å². The van der Waals surface area contributed by atoms with Gasteiger partial charge in [0.1, 0.15) is 5.82 Å². The van der Waals surface area contributed by atoms with E-state index in [1.54, 1.807) is 24.3 Å². The summed E-state index contributed by atoms with van der Waals surface area (Å²) in [4.78, 5) is 23.2. The minimum Gasteiger partial charge on any atom is -0.493 e. The van der Waals surface area contributed by atoms with Gasteiger partial charge in [-0.05, 0) is 30.3 Å². The SMILES string of the molecule is COc1ccccc1OCC(=O)Nc1cc(F)ccc1NC(C)=O. The van der Waals surface area contributed by atoms with Crippen LogP contribution in [-0.4, -0.2) is 25.5 Å². The molecule has 2 aromatic carbocycles. The number of halogens is 1. The number of hydrogen-bond donors (Lipinski definition) is 2. The molecule has 0 bridgehead atoms. The summed E-state index contributed by atoms with van der Waals surface area (Å²) in [5.74, 6) is -0.461. The molecular weight excluding hydrogens is 315 g/mol. The average molecular weight is 332 g/mol. The molecule has 0 aromatic heterocycles. The number of ether oxygens (including phenoxy) is 2. The van der Waals surface area contributed by atoms with Crippen molar-refractivity contribution in [1.82, 2.24) is 0 Å². The van der Waals surface area contributed by atoms with E-state index in [0.717, 1.165) is 6.07 Å². The maximum atomic E-state index is 13.4. The van der Waals surface area contributed by atoms with Crippen molar-refractivity contribution in [2.24, 2.45) is 0 Å². The molecule has 0 aliphatic heterocycles. The Bertz CT molecular complexity index is 749. The van der Waals surface area contributed by atoms with Crippen LogP contribution in [0.25, 0.3) is 0 Å². The van der Waals surface area contributed by atoms with Gasteiger partial charge in [-0.15, -0.1) is 0 Å². The van der Waals surface area contributed by atoms with Crippen molar-refractivity contribution in [3.8, 4) is 11.5 Å². The Balaban J connectivity index is 2.04. The first-order valence-corrected chi connectivity index (χ1v) is 7.12. The van der Waals surface area contributed by atoms with Crippen LogP contribution in [0.5, 0.6) is 11.5 Å². The number of anilines is 2. The van der Waals surface area contributed by atoms with E-state index in [2.05, 4.69) is 10.6 Å². The first kappa shape index (κ1) is 17.3. The quantitative estimate of drug-likeness (QED) is 0.853. The number of para-hydroxylation sites is 2. The molecule has 0 aliphatic rings. The first-order valence-electron chi connectivity index (χ1n) is 7.12. The Morgan fingerprint density at radius 2 is 1.75 bits per heavy atom. The van der Waals surface area contributed by atoms with Crippen LogP contribution in [0.1, 0.15) is 6.92 Å². The lowest BCUT2D eigenvalue weighted by Crippen LogP contribution is -2.21. The maximum Gasteiger partial charge on any atom is 0.262 e. The van der Waals surface area contributed by atoms with E-state index in [1.165, 1.54) is 26.2 Å². The van der Waals surface area contributed by atoms with Crippen LogP contribution in [-0.2, 0) is 9.59 Å². The molecule has 0 fully saturated rings. The highest BCUT2D eigenvalue weighted by Gasteiger charge is 2.11. The third-order valence-electron chi connectivity index (χ3n) is 2.99. The molecule has 126 valence electrons. The molecule has 0 heterocycles. The van der Waals surface area contributed by atoms with Gasteiger partial charge in [-0.25, -0.2) is 4.39 Å². The molecule has 2 aromatic rings. The van der Waals surface area contributed by atoms with Crippen molar-refractivity contribution in [2.75, 3.05) is 24.4 Å². The number of nitrogens with one attached hydrogen (secondary N) is 2. The average Bonchev–Trinajstić information content (AvgIpc) is 2.55. The van der Waals surface area contributed by atoms with Crippen LogP contribution in [0.4, 0.5) is 15.8 Å². The van der Waals surface area contributed by atoms with E-state index in [1.807, 2.05) is 0 Å². The molecule has 7 heteroatoms. The van der Waals surface area contributed by atoms with Crippen molar-refractivity contribution in [3.05, 3.63) is 48.3 Å². The summed E-state index contributed by atoms with van der Waals surface area (Å²) < 4.78 is 23.9. The van der Waals surface area contributed by atoms with Gasteiger partial charge < -0.3 is 20.1 Å². The van der Waals surface area contributed by atoms with E-state index in [-0.39, 0.29) is 18.2 Å². The molecule has 0 unspecified atom stereocenters. The zero-order chi connectivity index (χ0) is 17.5. The van der Waals surface area contributed by atoms with Crippen LogP contribution < -0.4 is 20.1 Å². The molecule has 2 amide bonds. The Hall–Kier alpha value is -3.09. The molecule has 0 atom stereocenters. The van der Waals surface area contributed by atoms with Gasteiger partial charge in [-0.3, -0.25) is 9.59 Å². The summed E-state index contributed by atoms with van der Waals surface area (Å²) in [5, 5.41) is 5.02. The number of amides is 2. The summed E-state index contributed by atoms with van der Waals surface area (Å²) >= 11 is 0. The maximum absolute atomic E-state index is 13.4.